The molecule has 1 fully saturated rings. The SMILES string of the molecule is COC1CCN(c2c(Br)cccc2[N+](=O)[O-])CC1. The van der Waals surface area contributed by atoms with Gasteiger partial charge in [-0.15, -0.1) is 0 Å². The first kappa shape index (κ1) is 13.3. The summed E-state index contributed by atoms with van der Waals surface area (Å²) in [7, 11) is 1.71. The van der Waals surface area contributed by atoms with Gasteiger partial charge in [0, 0.05) is 30.7 Å². The molecule has 1 aromatic rings. The predicted molar refractivity (Wildman–Crippen MR) is 73.0 cm³/mol. The summed E-state index contributed by atoms with van der Waals surface area (Å²) in [4.78, 5) is 12.8. The van der Waals surface area contributed by atoms with E-state index in [0.29, 0.717) is 5.69 Å². The van der Waals surface area contributed by atoms with Crippen LogP contribution in [0.5, 0.6) is 0 Å². The maximum absolute atomic E-state index is 11.1. The summed E-state index contributed by atoms with van der Waals surface area (Å²) in [5, 5.41) is 11.1. The van der Waals surface area contributed by atoms with Crippen molar-refractivity contribution in [1.29, 1.82) is 0 Å². The van der Waals surface area contributed by atoms with Crippen LogP contribution in [0.3, 0.4) is 0 Å². The minimum absolute atomic E-state index is 0.153. The second-order valence-electron chi connectivity index (χ2n) is 4.29. The van der Waals surface area contributed by atoms with E-state index < -0.39 is 0 Å². The smallest absolute Gasteiger partial charge is 0.293 e. The van der Waals surface area contributed by atoms with Crippen molar-refractivity contribution in [2.45, 2.75) is 18.9 Å². The van der Waals surface area contributed by atoms with Gasteiger partial charge in [0.05, 0.1) is 11.0 Å². The van der Waals surface area contributed by atoms with Crippen LogP contribution in [0.25, 0.3) is 0 Å². The molecule has 0 saturated carbocycles. The van der Waals surface area contributed by atoms with Gasteiger partial charge < -0.3 is 9.64 Å². The molecule has 0 aliphatic carbocycles. The molecule has 0 amide bonds. The minimum Gasteiger partial charge on any atom is -0.381 e. The lowest BCUT2D eigenvalue weighted by atomic mass is 10.1. The molecule has 0 N–H and O–H groups in total. The number of methoxy groups -OCH3 is 1. The second-order valence-corrected chi connectivity index (χ2v) is 5.14. The quantitative estimate of drug-likeness (QED) is 0.635. The van der Waals surface area contributed by atoms with Gasteiger partial charge in [-0.05, 0) is 34.8 Å². The van der Waals surface area contributed by atoms with E-state index in [1.54, 1.807) is 19.2 Å². The van der Waals surface area contributed by atoms with Gasteiger partial charge in [0.1, 0.15) is 5.69 Å². The molecule has 1 heterocycles. The lowest BCUT2D eigenvalue weighted by molar-refractivity contribution is -0.384. The molecule has 1 aliphatic heterocycles. The molecule has 0 aromatic heterocycles. The summed E-state index contributed by atoms with van der Waals surface area (Å²) >= 11 is 3.41. The van der Waals surface area contributed by atoms with Crippen LogP contribution in [-0.4, -0.2) is 31.2 Å². The summed E-state index contributed by atoms with van der Waals surface area (Å²) in [5.41, 5.74) is 0.831. The number of hydrogen-bond donors (Lipinski definition) is 0. The van der Waals surface area contributed by atoms with E-state index in [4.69, 9.17) is 4.74 Å². The van der Waals surface area contributed by atoms with Gasteiger partial charge in [0.15, 0.2) is 0 Å². The number of para-hydroxylation sites is 1. The summed E-state index contributed by atoms with van der Waals surface area (Å²) in [6.07, 6.45) is 2.06. The highest BCUT2D eigenvalue weighted by Crippen LogP contribution is 2.37. The molecular weight excluding hydrogens is 300 g/mol. The fourth-order valence-electron chi connectivity index (χ4n) is 2.28. The molecule has 0 unspecified atom stereocenters. The first-order chi connectivity index (χ1) is 8.63. The molecule has 6 heteroatoms. The number of ether oxygens (including phenoxy) is 1. The van der Waals surface area contributed by atoms with Crippen LogP contribution < -0.4 is 4.90 Å². The third kappa shape index (κ3) is 2.64. The Balaban J connectivity index is 2.26. The summed E-state index contributed by atoms with van der Waals surface area (Å²) in [5.74, 6) is 0. The zero-order valence-corrected chi connectivity index (χ0v) is 11.7. The Hall–Kier alpha value is -1.14. The molecule has 1 aliphatic rings. The van der Waals surface area contributed by atoms with Crippen molar-refractivity contribution in [2.24, 2.45) is 0 Å². The maximum Gasteiger partial charge on any atom is 0.293 e. The third-order valence-electron chi connectivity index (χ3n) is 3.25. The van der Waals surface area contributed by atoms with E-state index in [0.717, 1.165) is 30.4 Å². The number of halogens is 1. The highest BCUT2D eigenvalue weighted by Gasteiger charge is 2.26. The van der Waals surface area contributed by atoms with Crippen LogP contribution in [-0.2, 0) is 4.74 Å². The third-order valence-corrected chi connectivity index (χ3v) is 3.89. The van der Waals surface area contributed by atoms with E-state index in [9.17, 15) is 10.1 Å². The number of nitro benzene ring substituents is 1. The van der Waals surface area contributed by atoms with Gasteiger partial charge >= 0.3 is 0 Å². The lowest BCUT2D eigenvalue weighted by Crippen LogP contribution is -2.37. The monoisotopic (exact) mass is 314 g/mol. The molecule has 5 nitrogen and oxygen atoms in total. The first-order valence-corrected chi connectivity index (χ1v) is 6.63. The second kappa shape index (κ2) is 5.67. The predicted octanol–water partition coefficient (Wildman–Crippen LogP) is 2.97. The van der Waals surface area contributed by atoms with E-state index in [1.807, 2.05) is 6.07 Å². The Morgan fingerprint density at radius 3 is 2.67 bits per heavy atom. The zero-order valence-electron chi connectivity index (χ0n) is 10.1. The van der Waals surface area contributed by atoms with Crippen molar-refractivity contribution in [3.63, 3.8) is 0 Å². The van der Waals surface area contributed by atoms with Gasteiger partial charge in [0.25, 0.3) is 5.69 Å². The van der Waals surface area contributed by atoms with Gasteiger partial charge in [-0.2, -0.15) is 0 Å². The van der Waals surface area contributed by atoms with E-state index in [1.165, 1.54) is 0 Å². The van der Waals surface area contributed by atoms with Crippen LogP contribution in [0, 0.1) is 10.1 Å². The van der Waals surface area contributed by atoms with Crippen LogP contribution in [0.15, 0.2) is 22.7 Å². The molecule has 0 spiro atoms. The minimum atomic E-state index is -0.331. The lowest BCUT2D eigenvalue weighted by Gasteiger charge is -2.33. The summed E-state index contributed by atoms with van der Waals surface area (Å²) < 4.78 is 6.08. The molecule has 0 bridgehead atoms. The molecular formula is C12H15BrN2O3. The van der Waals surface area contributed by atoms with Crippen LogP contribution in [0.4, 0.5) is 11.4 Å². The van der Waals surface area contributed by atoms with Crippen LogP contribution >= 0.6 is 15.9 Å². The van der Waals surface area contributed by atoms with Crippen molar-refractivity contribution >= 4 is 27.3 Å². The highest BCUT2D eigenvalue weighted by atomic mass is 79.9. The fraction of sp³-hybridized carbons (Fsp3) is 0.500. The number of piperidine rings is 1. The van der Waals surface area contributed by atoms with Gasteiger partial charge in [-0.3, -0.25) is 10.1 Å². The Labute approximate surface area is 114 Å². The number of benzene rings is 1. The van der Waals surface area contributed by atoms with Gasteiger partial charge in [-0.25, -0.2) is 0 Å². The Kier molecular flexibility index (Phi) is 4.19. The number of nitrogens with zero attached hydrogens (tertiary/aromatic N) is 2. The molecule has 0 radical (unpaired) electrons. The highest BCUT2D eigenvalue weighted by molar-refractivity contribution is 9.10. The Bertz CT molecular complexity index is 445. The molecule has 1 aromatic carbocycles. The maximum atomic E-state index is 11.1. The number of anilines is 1. The average Bonchev–Trinajstić information content (AvgIpc) is 2.38. The molecule has 98 valence electrons. The average molecular weight is 315 g/mol. The van der Waals surface area contributed by atoms with Crippen molar-refractivity contribution < 1.29 is 9.66 Å². The molecule has 1 saturated heterocycles. The topological polar surface area (TPSA) is 55.6 Å². The van der Waals surface area contributed by atoms with Crippen molar-refractivity contribution in [1.82, 2.24) is 0 Å². The summed E-state index contributed by atoms with van der Waals surface area (Å²) in [6.45, 7) is 1.56. The standard InChI is InChI=1S/C12H15BrN2O3/c1-18-9-5-7-14(8-6-9)12-10(13)3-2-4-11(12)15(16)17/h2-4,9H,5-8H2,1H3. The number of rotatable bonds is 3. The summed E-state index contributed by atoms with van der Waals surface area (Å²) in [6, 6.07) is 5.07. The van der Waals surface area contributed by atoms with Gasteiger partial charge in [0.2, 0.25) is 0 Å². The molecule has 2 rings (SSSR count). The largest absolute Gasteiger partial charge is 0.381 e. The van der Waals surface area contributed by atoms with Crippen molar-refractivity contribution in [3.05, 3.63) is 32.8 Å². The van der Waals surface area contributed by atoms with Crippen LogP contribution in [0.1, 0.15) is 12.8 Å². The number of nitro groups is 1. The fourth-order valence-corrected chi connectivity index (χ4v) is 2.89. The molecule has 0 atom stereocenters. The van der Waals surface area contributed by atoms with Gasteiger partial charge in [-0.1, -0.05) is 6.07 Å². The number of hydrogen-bond acceptors (Lipinski definition) is 4. The first-order valence-electron chi connectivity index (χ1n) is 5.84. The normalized spacial score (nSPS) is 16.9. The van der Waals surface area contributed by atoms with Crippen molar-refractivity contribution in [3.8, 4) is 0 Å². The Morgan fingerprint density at radius 1 is 1.44 bits per heavy atom. The van der Waals surface area contributed by atoms with E-state index >= 15 is 0 Å². The Morgan fingerprint density at radius 2 is 2.11 bits per heavy atom. The van der Waals surface area contributed by atoms with E-state index in [-0.39, 0.29) is 16.7 Å². The van der Waals surface area contributed by atoms with Crippen molar-refractivity contribution in [2.75, 3.05) is 25.1 Å². The molecule has 18 heavy (non-hydrogen) atoms. The van der Waals surface area contributed by atoms with E-state index in [2.05, 4.69) is 20.8 Å². The van der Waals surface area contributed by atoms with Crippen LogP contribution in [0.2, 0.25) is 0 Å². The zero-order chi connectivity index (χ0) is 13.1.